The third kappa shape index (κ3) is 8.72. The average Bonchev–Trinajstić information content (AvgIpc) is 2.33. The van der Waals surface area contributed by atoms with E-state index in [1.54, 1.807) is 0 Å². The molecule has 5 heteroatoms. The molecule has 4 nitrogen and oxygen atoms in total. The summed E-state index contributed by atoms with van der Waals surface area (Å²) in [6.07, 6.45) is 0. The van der Waals surface area contributed by atoms with Crippen LogP contribution in [-0.4, -0.2) is 29.9 Å². The summed E-state index contributed by atoms with van der Waals surface area (Å²) in [5.74, 6) is 0.744. The minimum absolute atomic E-state index is 0.000000000000000444. The van der Waals surface area contributed by atoms with Crippen LogP contribution in [0.4, 0.5) is 0 Å². The third-order valence-corrected chi connectivity index (χ3v) is 3.21. The van der Waals surface area contributed by atoms with Crippen molar-refractivity contribution in [3.05, 3.63) is 0 Å². The molecule has 0 rings (SSSR count). The highest BCUT2D eigenvalue weighted by molar-refractivity contribution is 7.80. The van der Waals surface area contributed by atoms with Crippen LogP contribution in [0.1, 0.15) is 48.5 Å². The van der Waals surface area contributed by atoms with Crippen LogP contribution in [0.15, 0.2) is 0 Å². The first kappa shape index (κ1) is 21.9. The van der Waals surface area contributed by atoms with Crippen molar-refractivity contribution in [1.29, 1.82) is 0 Å². The topological polar surface area (TPSA) is 86.2 Å². The lowest BCUT2D eigenvalue weighted by molar-refractivity contribution is -0.129. The standard InChI is InChI=1S/C8H17NO.C7H15NOS/c1-6(5-9)7(10)8(2,3)4;1-7(2,3)6(9)5(8)4-10/h6H,5,9H2,1-4H3;5,10H,4,8H2,1-3H3. The van der Waals surface area contributed by atoms with Gasteiger partial charge in [0.05, 0.1) is 6.04 Å². The summed E-state index contributed by atoms with van der Waals surface area (Å²) in [6, 6.07) is -0.414. The number of carbonyl (C=O) groups is 2. The number of carbonyl (C=O) groups excluding carboxylic acids is 2. The van der Waals surface area contributed by atoms with E-state index < -0.39 is 6.04 Å². The van der Waals surface area contributed by atoms with Crippen LogP contribution in [0.25, 0.3) is 0 Å². The molecule has 0 radical (unpaired) electrons. The number of thiol groups is 1. The minimum atomic E-state index is -0.414. The van der Waals surface area contributed by atoms with Crippen molar-refractivity contribution in [2.45, 2.75) is 54.5 Å². The smallest absolute Gasteiger partial charge is 0.155 e. The van der Waals surface area contributed by atoms with Gasteiger partial charge in [0.25, 0.3) is 0 Å². The second-order valence-corrected chi connectivity index (χ2v) is 7.52. The van der Waals surface area contributed by atoms with Crippen LogP contribution in [-0.2, 0) is 9.59 Å². The molecule has 0 aliphatic heterocycles. The number of nitrogens with two attached hydrogens (primary N) is 2. The zero-order valence-corrected chi connectivity index (χ0v) is 14.9. The lowest BCUT2D eigenvalue weighted by Crippen LogP contribution is -2.40. The van der Waals surface area contributed by atoms with Crippen molar-refractivity contribution >= 4 is 24.2 Å². The number of ketones is 2. The number of hydrogen-bond donors (Lipinski definition) is 3. The Morgan fingerprint density at radius 3 is 1.45 bits per heavy atom. The average molecular weight is 305 g/mol. The van der Waals surface area contributed by atoms with Gasteiger partial charge in [-0.05, 0) is 0 Å². The molecular weight excluding hydrogens is 272 g/mol. The largest absolute Gasteiger partial charge is 0.330 e. The Labute approximate surface area is 129 Å². The van der Waals surface area contributed by atoms with E-state index in [0.717, 1.165) is 0 Å². The fourth-order valence-corrected chi connectivity index (χ4v) is 1.65. The van der Waals surface area contributed by atoms with Crippen molar-refractivity contribution in [2.24, 2.45) is 28.2 Å². The predicted octanol–water partition coefficient (Wildman–Crippen LogP) is 2.06. The van der Waals surface area contributed by atoms with Gasteiger partial charge in [-0.1, -0.05) is 48.5 Å². The molecule has 0 saturated heterocycles. The van der Waals surface area contributed by atoms with E-state index in [2.05, 4.69) is 12.6 Å². The molecule has 0 fully saturated rings. The van der Waals surface area contributed by atoms with Crippen molar-refractivity contribution in [3.63, 3.8) is 0 Å². The van der Waals surface area contributed by atoms with Gasteiger partial charge in [0, 0.05) is 29.0 Å². The molecule has 20 heavy (non-hydrogen) atoms. The predicted molar refractivity (Wildman–Crippen MR) is 89.0 cm³/mol. The van der Waals surface area contributed by atoms with Gasteiger partial charge in [0.2, 0.25) is 0 Å². The zero-order valence-electron chi connectivity index (χ0n) is 14.0. The molecule has 0 aromatic carbocycles. The highest BCUT2D eigenvalue weighted by Gasteiger charge is 2.26. The number of hydrogen-bond acceptors (Lipinski definition) is 5. The SMILES string of the molecule is CC(C)(C)C(=O)C(N)CS.CC(CN)C(=O)C(C)(C)C. The van der Waals surface area contributed by atoms with E-state index in [9.17, 15) is 9.59 Å². The van der Waals surface area contributed by atoms with Gasteiger partial charge in [-0.2, -0.15) is 12.6 Å². The Morgan fingerprint density at radius 2 is 1.35 bits per heavy atom. The van der Waals surface area contributed by atoms with Gasteiger partial charge in [-0.25, -0.2) is 0 Å². The van der Waals surface area contributed by atoms with Gasteiger partial charge in [0.1, 0.15) is 5.78 Å². The number of Topliss-reactive ketones (excluding diaryl/α,β-unsaturated/α-hetero) is 2. The lowest BCUT2D eigenvalue weighted by Gasteiger charge is -2.20. The van der Waals surface area contributed by atoms with Crippen LogP contribution in [0.3, 0.4) is 0 Å². The van der Waals surface area contributed by atoms with Gasteiger partial charge in [-0.3, -0.25) is 9.59 Å². The highest BCUT2D eigenvalue weighted by atomic mass is 32.1. The third-order valence-electron chi connectivity index (χ3n) is 2.81. The van der Waals surface area contributed by atoms with E-state index >= 15 is 0 Å². The van der Waals surface area contributed by atoms with Gasteiger partial charge < -0.3 is 11.5 Å². The van der Waals surface area contributed by atoms with E-state index in [4.69, 9.17) is 11.5 Å². The molecule has 4 N–H and O–H groups in total. The maximum Gasteiger partial charge on any atom is 0.155 e. The van der Waals surface area contributed by atoms with E-state index in [0.29, 0.717) is 12.3 Å². The van der Waals surface area contributed by atoms with Crippen molar-refractivity contribution in [1.82, 2.24) is 0 Å². The van der Waals surface area contributed by atoms with Crippen molar-refractivity contribution in [2.75, 3.05) is 12.3 Å². The Hall–Kier alpha value is -0.390. The Kier molecular flexibility index (Phi) is 9.64. The summed E-state index contributed by atoms with van der Waals surface area (Å²) in [6.45, 7) is 13.7. The van der Waals surface area contributed by atoms with Gasteiger partial charge in [0.15, 0.2) is 5.78 Å². The lowest BCUT2D eigenvalue weighted by atomic mass is 9.84. The van der Waals surface area contributed by atoms with Crippen LogP contribution < -0.4 is 11.5 Å². The summed E-state index contributed by atoms with van der Waals surface area (Å²) in [5.41, 5.74) is 10.3. The normalized spacial score (nSPS) is 14.9. The molecule has 0 bridgehead atoms. The quantitative estimate of drug-likeness (QED) is 0.694. The summed E-state index contributed by atoms with van der Waals surface area (Å²) < 4.78 is 0. The molecule has 2 unspecified atom stereocenters. The zero-order chi connectivity index (χ0) is 16.7. The summed E-state index contributed by atoms with van der Waals surface area (Å²) >= 11 is 3.94. The maximum absolute atomic E-state index is 11.3. The summed E-state index contributed by atoms with van der Waals surface area (Å²) in [4.78, 5) is 22.5. The molecular formula is C15H32N2O2S. The Bertz CT molecular complexity index is 285. The fraction of sp³-hybridized carbons (Fsp3) is 0.867. The maximum atomic E-state index is 11.3. The van der Waals surface area contributed by atoms with Crippen LogP contribution in [0.5, 0.6) is 0 Å². The number of rotatable bonds is 4. The molecule has 0 aromatic rings. The van der Waals surface area contributed by atoms with Crippen molar-refractivity contribution < 1.29 is 9.59 Å². The summed E-state index contributed by atoms with van der Waals surface area (Å²) in [5, 5.41) is 0. The molecule has 0 amide bonds. The van der Waals surface area contributed by atoms with Crippen LogP contribution in [0.2, 0.25) is 0 Å². The van der Waals surface area contributed by atoms with Crippen molar-refractivity contribution in [3.8, 4) is 0 Å². The Morgan fingerprint density at radius 1 is 1.00 bits per heavy atom. The summed E-state index contributed by atoms with van der Waals surface area (Å²) in [7, 11) is 0. The monoisotopic (exact) mass is 304 g/mol. The molecule has 0 aromatic heterocycles. The molecule has 0 aliphatic carbocycles. The molecule has 2 atom stereocenters. The molecule has 0 spiro atoms. The minimum Gasteiger partial charge on any atom is -0.330 e. The van der Waals surface area contributed by atoms with Gasteiger partial charge in [-0.15, -0.1) is 0 Å². The molecule has 0 heterocycles. The first-order valence-corrected chi connectivity index (χ1v) is 7.57. The molecule has 120 valence electrons. The first-order chi connectivity index (χ1) is 8.78. The second-order valence-electron chi connectivity index (χ2n) is 7.15. The fourth-order valence-electron chi connectivity index (χ4n) is 1.49. The molecule has 0 saturated carbocycles. The first-order valence-electron chi connectivity index (χ1n) is 6.94. The Balaban J connectivity index is 0. The highest BCUT2D eigenvalue weighted by Crippen LogP contribution is 2.19. The molecule has 0 aliphatic rings. The van der Waals surface area contributed by atoms with Gasteiger partial charge >= 0.3 is 0 Å². The van der Waals surface area contributed by atoms with Crippen LogP contribution in [0, 0.1) is 16.7 Å². The van der Waals surface area contributed by atoms with E-state index in [-0.39, 0.29) is 28.3 Å². The van der Waals surface area contributed by atoms with E-state index in [1.165, 1.54) is 0 Å². The van der Waals surface area contributed by atoms with Crippen LogP contribution >= 0.6 is 12.6 Å². The second kappa shape index (κ2) is 8.80. The van der Waals surface area contributed by atoms with E-state index in [1.807, 2.05) is 48.5 Å².